The molecule has 2 aliphatic rings. The number of hydrogen-bond acceptors (Lipinski definition) is 0. The van der Waals surface area contributed by atoms with Gasteiger partial charge in [-0.3, -0.25) is 0 Å². The van der Waals surface area contributed by atoms with Crippen LogP contribution in [-0.4, -0.2) is 21.8 Å². The predicted molar refractivity (Wildman–Crippen MR) is 74.7 cm³/mol. The van der Waals surface area contributed by atoms with Crippen molar-refractivity contribution in [3.8, 4) is 0 Å². The van der Waals surface area contributed by atoms with Crippen LogP contribution in [0.15, 0.2) is 0 Å². The molecule has 0 nitrogen and oxygen atoms in total. The Hall–Kier alpha value is 0.910. The molecule has 2 heteroatoms. The summed E-state index contributed by atoms with van der Waals surface area (Å²) < 4.78 is 0. The van der Waals surface area contributed by atoms with Crippen LogP contribution < -0.4 is 0 Å². The summed E-state index contributed by atoms with van der Waals surface area (Å²) in [6.45, 7) is 4.83. The lowest BCUT2D eigenvalue weighted by atomic mass is 10.1. The summed E-state index contributed by atoms with van der Waals surface area (Å²) in [5, 5.41) is 0. The molecule has 4 atom stereocenters. The predicted octanol–water partition coefficient (Wildman–Crippen LogP) is 5.14. The van der Waals surface area contributed by atoms with Crippen LogP contribution in [0, 0.1) is 0 Å². The third-order valence-corrected chi connectivity index (χ3v) is 10.2. The molecule has 1 saturated heterocycles. The largest absolute Gasteiger partial charge is 0.0960 e. The van der Waals surface area contributed by atoms with E-state index in [0.29, 0.717) is 7.92 Å². The summed E-state index contributed by atoms with van der Waals surface area (Å²) in [4.78, 5) is 0.866. The minimum atomic E-state index is 0.340. The average molecular weight is 291 g/mol. The molecule has 0 aromatic carbocycles. The van der Waals surface area contributed by atoms with Gasteiger partial charge < -0.3 is 0 Å². The monoisotopic (exact) mass is 290 g/mol. The Morgan fingerprint density at radius 2 is 1.60 bits per heavy atom. The van der Waals surface area contributed by atoms with Gasteiger partial charge in [0.05, 0.1) is 0 Å². The second kappa shape index (κ2) is 5.50. The zero-order valence-corrected chi connectivity index (χ0v) is 12.6. The summed E-state index contributed by atoms with van der Waals surface area (Å²) in [7, 11) is 0.340. The van der Waals surface area contributed by atoms with E-state index in [4.69, 9.17) is 0 Å². The molecule has 1 aliphatic carbocycles. The molecule has 0 bridgehead atoms. The van der Waals surface area contributed by atoms with Gasteiger partial charge in [0.15, 0.2) is 0 Å². The first-order chi connectivity index (χ1) is 7.27. The van der Waals surface area contributed by atoms with E-state index in [-0.39, 0.29) is 0 Å². The smallest absolute Gasteiger partial charge is 0.0213 e. The van der Waals surface area contributed by atoms with Gasteiger partial charge >= 0.3 is 0 Å². The number of hydrogen-bond donors (Lipinski definition) is 0. The molecule has 1 saturated carbocycles. The Labute approximate surface area is 104 Å². The Morgan fingerprint density at radius 1 is 1.00 bits per heavy atom. The van der Waals surface area contributed by atoms with Gasteiger partial charge in [0.25, 0.3) is 0 Å². The fraction of sp³-hybridized carbons (Fsp3) is 1.00. The molecule has 0 amide bonds. The van der Waals surface area contributed by atoms with Gasteiger partial charge in [-0.2, -0.15) is 0 Å². The zero-order chi connectivity index (χ0) is 10.8. The lowest BCUT2D eigenvalue weighted by Gasteiger charge is -2.32. The first-order valence-electron chi connectivity index (χ1n) is 6.69. The Morgan fingerprint density at radius 3 is 2.00 bits per heavy atom. The lowest BCUT2D eigenvalue weighted by Crippen LogP contribution is -2.19. The van der Waals surface area contributed by atoms with Crippen LogP contribution in [0.5, 0.6) is 0 Å². The second-order valence-corrected chi connectivity index (χ2v) is 9.36. The molecule has 0 radical (unpaired) electrons. The van der Waals surface area contributed by atoms with Crippen molar-refractivity contribution in [3.63, 3.8) is 0 Å². The first kappa shape index (κ1) is 12.4. The molecule has 88 valence electrons. The van der Waals surface area contributed by atoms with Gasteiger partial charge in [-0.15, -0.1) is 0 Å². The van der Waals surface area contributed by atoms with E-state index in [0.717, 1.165) is 21.8 Å². The molecule has 0 spiro atoms. The standard InChI is InChI=1S/C13H24BrP/c1-3-10-8-9-11(4-2)15(10)13-7-5-6-12(13)14/h10-13H,3-9H2,1-2H3/t10-,11-,12?,13?/m1/s1. The maximum Gasteiger partial charge on any atom is 0.0213 e. The van der Waals surface area contributed by atoms with Crippen molar-refractivity contribution in [2.24, 2.45) is 0 Å². The molecule has 1 heterocycles. The topological polar surface area (TPSA) is 0 Å². The van der Waals surface area contributed by atoms with E-state index in [1.807, 2.05) is 0 Å². The van der Waals surface area contributed by atoms with Crippen molar-refractivity contribution in [2.75, 3.05) is 0 Å². The second-order valence-electron chi connectivity index (χ2n) is 5.16. The van der Waals surface area contributed by atoms with Crippen molar-refractivity contribution in [1.29, 1.82) is 0 Å². The van der Waals surface area contributed by atoms with Gasteiger partial charge in [0.1, 0.15) is 0 Å². The maximum atomic E-state index is 3.94. The number of rotatable bonds is 3. The van der Waals surface area contributed by atoms with E-state index < -0.39 is 0 Å². The molecule has 0 aromatic rings. The maximum absolute atomic E-state index is 3.94. The third-order valence-electron chi connectivity index (χ3n) is 4.40. The Kier molecular flexibility index (Phi) is 4.53. The van der Waals surface area contributed by atoms with E-state index in [9.17, 15) is 0 Å². The van der Waals surface area contributed by atoms with Crippen LogP contribution in [0.25, 0.3) is 0 Å². The fourth-order valence-corrected chi connectivity index (χ4v) is 9.41. The summed E-state index contributed by atoms with van der Waals surface area (Å²) in [5.74, 6) is 0. The summed E-state index contributed by atoms with van der Waals surface area (Å²) in [6, 6.07) is 0. The van der Waals surface area contributed by atoms with E-state index in [1.54, 1.807) is 0 Å². The summed E-state index contributed by atoms with van der Waals surface area (Å²) >= 11 is 3.94. The summed E-state index contributed by atoms with van der Waals surface area (Å²) in [6.07, 6.45) is 10.4. The van der Waals surface area contributed by atoms with Crippen LogP contribution in [0.2, 0.25) is 0 Å². The van der Waals surface area contributed by atoms with Crippen LogP contribution >= 0.6 is 23.9 Å². The number of halogens is 1. The molecule has 15 heavy (non-hydrogen) atoms. The Balaban J connectivity index is 2.08. The molecule has 1 aliphatic heterocycles. The van der Waals surface area contributed by atoms with Crippen molar-refractivity contribution in [3.05, 3.63) is 0 Å². The average Bonchev–Trinajstić information content (AvgIpc) is 2.82. The highest BCUT2D eigenvalue weighted by molar-refractivity contribution is 9.09. The molecular weight excluding hydrogens is 267 g/mol. The zero-order valence-electron chi connectivity index (χ0n) is 10.1. The normalized spacial score (nSPS) is 42.6. The van der Waals surface area contributed by atoms with Gasteiger partial charge in [-0.1, -0.05) is 44.1 Å². The van der Waals surface area contributed by atoms with E-state index in [2.05, 4.69) is 29.8 Å². The van der Waals surface area contributed by atoms with Gasteiger partial charge in [0, 0.05) is 4.83 Å². The molecule has 2 unspecified atom stereocenters. The van der Waals surface area contributed by atoms with Crippen molar-refractivity contribution in [1.82, 2.24) is 0 Å². The van der Waals surface area contributed by atoms with Crippen molar-refractivity contribution in [2.45, 2.75) is 80.6 Å². The van der Waals surface area contributed by atoms with Crippen molar-refractivity contribution >= 4 is 23.9 Å². The molecular formula is C13H24BrP. The highest BCUT2D eigenvalue weighted by Crippen LogP contribution is 2.65. The van der Waals surface area contributed by atoms with Crippen molar-refractivity contribution < 1.29 is 0 Å². The van der Waals surface area contributed by atoms with Gasteiger partial charge in [-0.25, -0.2) is 0 Å². The fourth-order valence-electron chi connectivity index (χ4n) is 3.58. The minimum Gasteiger partial charge on any atom is -0.0960 e. The van der Waals surface area contributed by atoms with Crippen LogP contribution in [-0.2, 0) is 0 Å². The lowest BCUT2D eigenvalue weighted by molar-refractivity contribution is 0.696. The highest BCUT2D eigenvalue weighted by Gasteiger charge is 2.42. The van der Waals surface area contributed by atoms with Gasteiger partial charge in [-0.05, 0) is 55.5 Å². The number of alkyl halides is 1. The van der Waals surface area contributed by atoms with Crippen LogP contribution in [0.4, 0.5) is 0 Å². The van der Waals surface area contributed by atoms with Crippen LogP contribution in [0.3, 0.4) is 0 Å². The van der Waals surface area contributed by atoms with Crippen LogP contribution in [0.1, 0.15) is 58.8 Å². The summed E-state index contributed by atoms with van der Waals surface area (Å²) in [5.41, 5.74) is 3.28. The quantitative estimate of drug-likeness (QED) is 0.499. The Bertz CT molecular complexity index is 195. The van der Waals surface area contributed by atoms with E-state index >= 15 is 0 Å². The third kappa shape index (κ3) is 2.44. The molecule has 2 rings (SSSR count). The SMILES string of the molecule is CC[C@@H]1CC[C@@H](CC)P1C1CCCC1Br. The minimum absolute atomic E-state index is 0.340. The molecule has 2 fully saturated rings. The molecule has 0 N–H and O–H groups in total. The van der Waals surface area contributed by atoms with E-state index in [1.165, 1.54) is 44.9 Å². The van der Waals surface area contributed by atoms with Gasteiger partial charge in [0.2, 0.25) is 0 Å². The molecule has 0 aromatic heterocycles. The first-order valence-corrected chi connectivity index (χ1v) is 9.15. The highest BCUT2D eigenvalue weighted by atomic mass is 79.9.